The number of carbonyl (C=O) groups is 1. The number of amides is 1. The van der Waals surface area contributed by atoms with E-state index in [1.807, 2.05) is 103 Å². The van der Waals surface area contributed by atoms with E-state index in [-0.39, 0.29) is 5.91 Å². The Morgan fingerprint density at radius 2 is 1.11 bits per heavy atom. The quantitative estimate of drug-likeness (QED) is 0.205. The van der Waals surface area contributed by atoms with Crippen LogP contribution in [0, 0.1) is 0 Å². The molecule has 0 aliphatic carbocycles. The van der Waals surface area contributed by atoms with Crippen LogP contribution in [-0.2, 0) is 11.8 Å². The third-order valence-electron chi connectivity index (χ3n) is 8.38. The second-order valence-corrected chi connectivity index (χ2v) is 11.1. The van der Waals surface area contributed by atoms with Crippen molar-refractivity contribution in [3.05, 3.63) is 104 Å². The molecule has 46 heavy (non-hydrogen) atoms. The van der Waals surface area contributed by atoms with Crippen LogP contribution in [-0.4, -0.2) is 45.4 Å². The Morgan fingerprint density at radius 1 is 0.630 bits per heavy atom. The summed E-state index contributed by atoms with van der Waals surface area (Å²) >= 11 is 0. The van der Waals surface area contributed by atoms with Crippen molar-refractivity contribution in [2.75, 3.05) is 5.32 Å². The molecule has 4 aromatic carbocycles. The molecule has 3 aromatic heterocycles. The third kappa shape index (κ3) is 3.80. The fourth-order valence-corrected chi connectivity index (χ4v) is 6.25. The van der Waals surface area contributed by atoms with Crippen molar-refractivity contribution < 1.29 is 4.79 Å². The maximum atomic E-state index is 12.5. The lowest BCUT2D eigenvalue weighted by Gasteiger charge is -2.04. The molecule has 0 unspecified atom stereocenters. The van der Waals surface area contributed by atoms with E-state index in [1.165, 1.54) is 6.08 Å². The molecule has 2 aliphatic rings. The molecule has 10 heteroatoms. The van der Waals surface area contributed by atoms with E-state index in [0.717, 1.165) is 49.7 Å². The first-order valence-electron chi connectivity index (χ1n) is 14.7. The van der Waals surface area contributed by atoms with Gasteiger partial charge in [-0.3, -0.25) is 4.79 Å². The van der Waals surface area contributed by atoms with Gasteiger partial charge in [-0.15, -0.1) is 0 Å². The lowest BCUT2D eigenvalue weighted by Crippen LogP contribution is -2.07. The van der Waals surface area contributed by atoms with Gasteiger partial charge in [0.1, 0.15) is 22.6 Å². The SMILES string of the molecule is C=CC(=O)Nc1cccc2c3nc4nc(nc5c6ccccc6c(nc6nc(nc([nH]3)c12)-c1ccccc1-6)n5C)-c1ccccc1-4. The van der Waals surface area contributed by atoms with Gasteiger partial charge < -0.3 is 14.9 Å². The zero-order chi connectivity index (χ0) is 30.9. The lowest BCUT2D eigenvalue weighted by molar-refractivity contribution is -0.111. The number of aromatic nitrogens is 8. The summed E-state index contributed by atoms with van der Waals surface area (Å²) in [4.78, 5) is 46.2. The standard InChI is InChI=1S/C36H23N9O/c1-3-27(46)37-26-18-10-17-25-28(26)34-41-30-20-12-5-7-14-22(20)32(39-30)44-36-24-16-9-8-15-23(24)35(45(36)2)43-31-21-13-6-4-11-19(21)29(38-31)40-33(25)42-34/h3-18H,1H2,2H3,(H,37,46)(H,38,39,40,41,42,43,44). The second-order valence-electron chi connectivity index (χ2n) is 11.1. The highest BCUT2D eigenvalue weighted by Crippen LogP contribution is 2.38. The van der Waals surface area contributed by atoms with Crippen molar-refractivity contribution in [2.45, 2.75) is 0 Å². The van der Waals surface area contributed by atoms with Crippen molar-refractivity contribution in [2.24, 2.45) is 7.05 Å². The minimum Gasteiger partial charge on any atom is -0.324 e. The van der Waals surface area contributed by atoms with Gasteiger partial charge in [-0.25, -0.2) is 29.9 Å². The molecule has 9 rings (SSSR count). The van der Waals surface area contributed by atoms with E-state index < -0.39 is 0 Å². The van der Waals surface area contributed by atoms with E-state index in [2.05, 4.69) is 16.9 Å². The Bertz CT molecular complexity index is 2630. The molecule has 2 N–H and O–H groups in total. The summed E-state index contributed by atoms with van der Waals surface area (Å²) in [5.41, 5.74) is 6.49. The first-order chi connectivity index (χ1) is 22.6. The summed E-state index contributed by atoms with van der Waals surface area (Å²) in [5, 5.41) is 6.27. The van der Waals surface area contributed by atoms with Gasteiger partial charge in [-0.1, -0.05) is 91.5 Å². The molecule has 1 amide bonds. The van der Waals surface area contributed by atoms with Gasteiger partial charge in [0.2, 0.25) is 5.91 Å². The number of hydrogen-bond donors (Lipinski definition) is 2. The molecule has 7 aromatic rings. The minimum absolute atomic E-state index is 0.335. The molecule has 2 aliphatic heterocycles. The summed E-state index contributed by atoms with van der Waals surface area (Å²) in [6.45, 7) is 3.62. The lowest BCUT2D eigenvalue weighted by atomic mass is 10.1. The molecule has 8 bridgehead atoms. The summed E-state index contributed by atoms with van der Waals surface area (Å²) in [6, 6.07) is 29.5. The maximum absolute atomic E-state index is 12.5. The van der Waals surface area contributed by atoms with E-state index in [0.29, 0.717) is 45.7 Å². The first-order valence-corrected chi connectivity index (χ1v) is 14.7. The van der Waals surface area contributed by atoms with Gasteiger partial charge >= 0.3 is 0 Å². The Kier molecular flexibility index (Phi) is 5.48. The number of rotatable bonds is 2. The molecular weight excluding hydrogens is 574 g/mol. The number of fused-ring (bicyclic) bond motifs is 20. The highest BCUT2D eigenvalue weighted by molar-refractivity contribution is 6.15. The number of carbonyl (C=O) groups excluding carboxylic acids is 1. The summed E-state index contributed by atoms with van der Waals surface area (Å²) < 4.78 is 1.98. The van der Waals surface area contributed by atoms with Crippen molar-refractivity contribution in [3.63, 3.8) is 0 Å². The van der Waals surface area contributed by atoms with Crippen LogP contribution in [0.15, 0.2) is 104 Å². The van der Waals surface area contributed by atoms with Crippen LogP contribution < -0.4 is 5.32 Å². The number of aryl methyl sites for hydroxylation is 1. The average molecular weight is 598 g/mol. The largest absolute Gasteiger partial charge is 0.324 e. The number of H-pyrrole nitrogens is 1. The maximum Gasteiger partial charge on any atom is 0.247 e. The Morgan fingerprint density at radius 3 is 1.65 bits per heavy atom. The van der Waals surface area contributed by atoms with Crippen LogP contribution >= 0.6 is 0 Å². The van der Waals surface area contributed by atoms with E-state index in [4.69, 9.17) is 29.9 Å². The van der Waals surface area contributed by atoms with Gasteiger partial charge in [0.15, 0.2) is 23.3 Å². The topological polar surface area (TPSA) is 127 Å². The average Bonchev–Trinajstić information content (AvgIpc) is 3.80. The molecule has 0 spiro atoms. The van der Waals surface area contributed by atoms with Crippen LogP contribution in [0.25, 0.3) is 89.7 Å². The third-order valence-corrected chi connectivity index (χ3v) is 8.38. The van der Waals surface area contributed by atoms with Crippen molar-refractivity contribution in [1.82, 2.24) is 39.5 Å². The van der Waals surface area contributed by atoms with Gasteiger partial charge in [0.25, 0.3) is 0 Å². The first kappa shape index (κ1) is 25.9. The summed E-state index contributed by atoms with van der Waals surface area (Å²) in [7, 11) is 1.96. The Hall–Kier alpha value is -6.55. The van der Waals surface area contributed by atoms with Crippen LogP contribution in [0.2, 0.25) is 0 Å². The molecule has 0 atom stereocenters. The zero-order valence-corrected chi connectivity index (χ0v) is 24.5. The second kappa shape index (κ2) is 9.73. The van der Waals surface area contributed by atoms with Crippen molar-refractivity contribution in [1.29, 1.82) is 0 Å². The van der Waals surface area contributed by atoms with Gasteiger partial charge in [-0.2, -0.15) is 0 Å². The number of benzene rings is 4. The predicted octanol–water partition coefficient (Wildman–Crippen LogP) is 7.00. The molecule has 5 heterocycles. The van der Waals surface area contributed by atoms with Crippen LogP contribution in [0.1, 0.15) is 0 Å². The van der Waals surface area contributed by atoms with Gasteiger partial charge in [0, 0.05) is 45.5 Å². The van der Waals surface area contributed by atoms with E-state index in [1.54, 1.807) is 0 Å². The summed E-state index contributed by atoms with van der Waals surface area (Å²) in [5.74, 6) is 1.76. The van der Waals surface area contributed by atoms with Crippen molar-refractivity contribution >= 4 is 55.7 Å². The molecule has 10 nitrogen and oxygen atoms in total. The van der Waals surface area contributed by atoms with Crippen LogP contribution in [0.3, 0.4) is 0 Å². The smallest absolute Gasteiger partial charge is 0.247 e. The molecule has 218 valence electrons. The van der Waals surface area contributed by atoms with Gasteiger partial charge in [0.05, 0.1) is 11.1 Å². The fourth-order valence-electron chi connectivity index (χ4n) is 6.25. The highest BCUT2D eigenvalue weighted by Gasteiger charge is 2.23. The van der Waals surface area contributed by atoms with Crippen LogP contribution in [0.4, 0.5) is 5.69 Å². The number of nitrogens with zero attached hydrogens (tertiary/aromatic N) is 7. The Balaban J connectivity index is 1.51. The normalized spacial score (nSPS) is 11.8. The highest BCUT2D eigenvalue weighted by atomic mass is 16.1. The Labute approximate surface area is 261 Å². The van der Waals surface area contributed by atoms with Crippen LogP contribution in [0.5, 0.6) is 0 Å². The number of aromatic amines is 1. The fraction of sp³-hybridized carbons (Fsp3) is 0.0278. The molecule has 0 saturated heterocycles. The van der Waals surface area contributed by atoms with Crippen molar-refractivity contribution in [3.8, 4) is 45.6 Å². The number of anilines is 1. The predicted molar refractivity (Wildman–Crippen MR) is 180 cm³/mol. The van der Waals surface area contributed by atoms with Gasteiger partial charge in [-0.05, 0) is 12.1 Å². The number of nitrogens with one attached hydrogen (secondary N) is 2. The molecule has 0 fully saturated rings. The molecule has 0 saturated carbocycles. The summed E-state index contributed by atoms with van der Waals surface area (Å²) in [6.07, 6.45) is 1.23. The van der Waals surface area contributed by atoms with E-state index in [9.17, 15) is 4.79 Å². The number of hydrogen-bond acceptors (Lipinski definition) is 7. The molecular formula is C36H23N9O. The molecule has 0 radical (unpaired) electrons. The monoisotopic (exact) mass is 597 g/mol. The minimum atomic E-state index is -0.335. The zero-order valence-electron chi connectivity index (χ0n) is 24.5. The van der Waals surface area contributed by atoms with E-state index >= 15 is 0 Å².